The van der Waals surface area contributed by atoms with Gasteiger partial charge in [0.1, 0.15) is 0 Å². The molecule has 0 aliphatic heterocycles. The third kappa shape index (κ3) is 3.24. The zero-order valence-electron chi connectivity index (χ0n) is 11.2. The number of benzene rings is 1. The summed E-state index contributed by atoms with van der Waals surface area (Å²) in [4.78, 5) is 4.31. The van der Waals surface area contributed by atoms with E-state index in [-0.39, 0.29) is 0 Å². The fourth-order valence-electron chi connectivity index (χ4n) is 1.99. The summed E-state index contributed by atoms with van der Waals surface area (Å²) in [5, 5.41) is 2.53. The summed E-state index contributed by atoms with van der Waals surface area (Å²) in [7, 11) is 0. The van der Waals surface area contributed by atoms with Crippen molar-refractivity contribution in [2.75, 3.05) is 0 Å². The molecular formula is C15H21NS. The van der Waals surface area contributed by atoms with Crippen molar-refractivity contribution in [2.45, 2.75) is 52.4 Å². The molecular weight excluding hydrogens is 226 g/mol. The van der Waals surface area contributed by atoms with Crippen LogP contribution in [0.1, 0.15) is 63.5 Å². The lowest BCUT2D eigenvalue weighted by Crippen LogP contribution is -1.98. The zero-order valence-corrected chi connectivity index (χ0v) is 12.0. The van der Waals surface area contributed by atoms with E-state index in [1.807, 2.05) is 0 Å². The van der Waals surface area contributed by atoms with Gasteiger partial charge in [0.15, 0.2) is 0 Å². The Balaban J connectivity index is 3.36. The van der Waals surface area contributed by atoms with Crippen LogP contribution >= 0.6 is 12.2 Å². The lowest BCUT2D eigenvalue weighted by atomic mass is 9.89. The van der Waals surface area contributed by atoms with Crippen LogP contribution < -0.4 is 0 Å². The van der Waals surface area contributed by atoms with E-state index >= 15 is 0 Å². The predicted molar refractivity (Wildman–Crippen MR) is 78.5 cm³/mol. The van der Waals surface area contributed by atoms with E-state index in [0.717, 1.165) is 18.5 Å². The molecule has 0 amide bonds. The number of para-hydroxylation sites is 1. The largest absolute Gasteiger partial charge is 0.194 e. The number of isothiocyanates is 1. The molecule has 0 bridgehead atoms. The van der Waals surface area contributed by atoms with Gasteiger partial charge in [0.05, 0.1) is 10.8 Å². The summed E-state index contributed by atoms with van der Waals surface area (Å²) in [5.74, 6) is 1.03. The van der Waals surface area contributed by atoms with E-state index < -0.39 is 0 Å². The Kier molecular flexibility index (Phi) is 5.54. The maximum Gasteiger partial charge on any atom is 0.0808 e. The molecule has 2 heteroatoms. The van der Waals surface area contributed by atoms with E-state index in [2.05, 4.69) is 56.0 Å². The van der Waals surface area contributed by atoms with Crippen LogP contribution in [0.25, 0.3) is 0 Å². The molecule has 0 aliphatic carbocycles. The van der Waals surface area contributed by atoms with Crippen molar-refractivity contribution in [3.63, 3.8) is 0 Å². The molecule has 0 spiro atoms. The van der Waals surface area contributed by atoms with Crippen LogP contribution in [-0.4, -0.2) is 5.16 Å². The fourth-order valence-corrected chi connectivity index (χ4v) is 2.08. The monoisotopic (exact) mass is 247 g/mol. The van der Waals surface area contributed by atoms with Gasteiger partial charge >= 0.3 is 0 Å². The summed E-state index contributed by atoms with van der Waals surface area (Å²) in [6, 6.07) is 6.45. The van der Waals surface area contributed by atoms with Crippen LogP contribution in [0.15, 0.2) is 23.2 Å². The molecule has 0 heterocycles. The first-order valence-electron chi connectivity index (χ1n) is 6.36. The Morgan fingerprint density at radius 2 is 1.59 bits per heavy atom. The zero-order chi connectivity index (χ0) is 12.8. The number of aliphatic imine (C=N–C) groups is 1. The first-order valence-corrected chi connectivity index (χ1v) is 6.77. The molecule has 1 rings (SSSR count). The van der Waals surface area contributed by atoms with Gasteiger partial charge in [0.25, 0.3) is 0 Å². The van der Waals surface area contributed by atoms with Gasteiger partial charge < -0.3 is 0 Å². The van der Waals surface area contributed by atoms with Gasteiger partial charge in [-0.3, -0.25) is 0 Å². The molecule has 0 aromatic heterocycles. The van der Waals surface area contributed by atoms with E-state index in [0.29, 0.717) is 11.8 Å². The SMILES string of the molecule is CCC(C)c1cccc(C(C)CC)c1N=C=S. The van der Waals surface area contributed by atoms with Crippen LogP contribution in [0.5, 0.6) is 0 Å². The van der Waals surface area contributed by atoms with Crippen molar-refractivity contribution in [2.24, 2.45) is 4.99 Å². The standard InChI is InChI=1S/C15H21NS/c1-5-11(3)13-8-7-9-14(12(4)6-2)15(13)16-10-17/h7-9,11-12H,5-6H2,1-4H3. The Hall–Kier alpha value is -0.980. The number of hydrogen-bond acceptors (Lipinski definition) is 2. The highest BCUT2D eigenvalue weighted by molar-refractivity contribution is 7.78. The molecule has 92 valence electrons. The van der Waals surface area contributed by atoms with E-state index in [4.69, 9.17) is 12.2 Å². The Bertz CT molecular complexity index is 391. The molecule has 0 saturated heterocycles. The maximum atomic E-state index is 4.78. The third-order valence-electron chi connectivity index (χ3n) is 3.54. The Labute approximate surface area is 110 Å². The minimum Gasteiger partial charge on any atom is -0.194 e. The van der Waals surface area contributed by atoms with Crippen molar-refractivity contribution in [3.8, 4) is 0 Å². The van der Waals surface area contributed by atoms with Crippen LogP contribution in [0.2, 0.25) is 0 Å². The molecule has 0 N–H and O–H groups in total. The summed E-state index contributed by atoms with van der Waals surface area (Å²) in [6.07, 6.45) is 2.23. The van der Waals surface area contributed by atoms with E-state index in [1.165, 1.54) is 11.1 Å². The lowest BCUT2D eigenvalue weighted by molar-refractivity contribution is 0.713. The van der Waals surface area contributed by atoms with Crippen LogP contribution in [0, 0.1) is 0 Å². The molecule has 2 atom stereocenters. The van der Waals surface area contributed by atoms with Crippen molar-refractivity contribution < 1.29 is 0 Å². The summed E-state index contributed by atoms with van der Waals surface area (Å²) >= 11 is 4.78. The molecule has 0 saturated carbocycles. The average molecular weight is 247 g/mol. The van der Waals surface area contributed by atoms with Gasteiger partial charge in [-0.25, -0.2) is 0 Å². The fraction of sp³-hybridized carbons (Fsp3) is 0.533. The molecule has 1 aromatic rings. The summed E-state index contributed by atoms with van der Waals surface area (Å²) in [6.45, 7) is 8.87. The molecule has 17 heavy (non-hydrogen) atoms. The minimum absolute atomic E-state index is 0.515. The van der Waals surface area contributed by atoms with Gasteiger partial charge in [0, 0.05) is 0 Å². The quantitative estimate of drug-likeness (QED) is 0.498. The van der Waals surface area contributed by atoms with Crippen LogP contribution in [0.4, 0.5) is 5.69 Å². The highest BCUT2D eigenvalue weighted by Gasteiger charge is 2.15. The maximum absolute atomic E-state index is 4.78. The second kappa shape index (κ2) is 6.68. The summed E-state index contributed by atoms with van der Waals surface area (Å²) in [5.41, 5.74) is 3.64. The topological polar surface area (TPSA) is 12.4 Å². The highest BCUT2D eigenvalue weighted by Crippen LogP contribution is 2.36. The highest BCUT2D eigenvalue weighted by atomic mass is 32.1. The van der Waals surface area contributed by atoms with Gasteiger partial charge in [-0.15, -0.1) is 0 Å². The van der Waals surface area contributed by atoms with Gasteiger partial charge in [-0.05, 0) is 48.0 Å². The van der Waals surface area contributed by atoms with Gasteiger partial charge in [-0.1, -0.05) is 45.9 Å². The second-order valence-corrected chi connectivity index (χ2v) is 4.79. The van der Waals surface area contributed by atoms with Gasteiger partial charge in [-0.2, -0.15) is 4.99 Å². The molecule has 0 aliphatic rings. The van der Waals surface area contributed by atoms with Crippen LogP contribution in [-0.2, 0) is 0 Å². The van der Waals surface area contributed by atoms with E-state index in [9.17, 15) is 0 Å². The van der Waals surface area contributed by atoms with Crippen molar-refractivity contribution in [1.82, 2.24) is 0 Å². The lowest BCUT2D eigenvalue weighted by Gasteiger charge is -2.18. The first-order chi connectivity index (χ1) is 8.15. The first kappa shape index (κ1) is 14.1. The molecule has 0 radical (unpaired) electrons. The Morgan fingerprint density at radius 3 is 1.94 bits per heavy atom. The van der Waals surface area contributed by atoms with Crippen LogP contribution in [0.3, 0.4) is 0 Å². The van der Waals surface area contributed by atoms with Crippen molar-refractivity contribution >= 4 is 23.1 Å². The second-order valence-electron chi connectivity index (χ2n) is 4.61. The van der Waals surface area contributed by atoms with Crippen molar-refractivity contribution in [3.05, 3.63) is 29.3 Å². The molecule has 1 nitrogen and oxygen atoms in total. The third-order valence-corrected chi connectivity index (χ3v) is 3.63. The molecule has 2 unspecified atom stereocenters. The smallest absolute Gasteiger partial charge is 0.0808 e. The minimum atomic E-state index is 0.515. The summed E-state index contributed by atoms with van der Waals surface area (Å²) < 4.78 is 0. The number of thiocarbonyl (C=S) groups is 1. The molecule has 0 fully saturated rings. The number of rotatable bonds is 5. The van der Waals surface area contributed by atoms with Crippen molar-refractivity contribution in [1.29, 1.82) is 0 Å². The molecule has 1 aromatic carbocycles. The Morgan fingerprint density at radius 1 is 1.12 bits per heavy atom. The number of hydrogen-bond donors (Lipinski definition) is 0. The predicted octanol–water partition coefficient (Wildman–Crippen LogP) is 5.45. The van der Waals surface area contributed by atoms with E-state index in [1.54, 1.807) is 0 Å². The average Bonchev–Trinajstić information content (AvgIpc) is 2.37. The normalized spacial score (nSPS) is 13.9. The number of nitrogens with zero attached hydrogens (tertiary/aromatic N) is 1. The van der Waals surface area contributed by atoms with Gasteiger partial charge in [0.2, 0.25) is 0 Å².